The standard InChI is InChI=1S/C16H19BrN2/c1-3-4-5-13-6-8-14(9-7-13)19-16-15(17)10-12(2)11-18-16/h6-11H,3-5H2,1-2H3,(H,18,19). The van der Waals surface area contributed by atoms with E-state index in [1.807, 2.05) is 13.1 Å². The second-order valence-corrected chi connectivity index (χ2v) is 5.62. The zero-order chi connectivity index (χ0) is 13.7. The fourth-order valence-electron chi connectivity index (χ4n) is 1.90. The summed E-state index contributed by atoms with van der Waals surface area (Å²) in [5.74, 6) is 0.854. The molecule has 1 aromatic heterocycles. The maximum atomic E-state index is 4.39. The van der Waals surface area contributed by atoms with Crippen LogP contribution in [-0.4, -0.2) is 4.98 Å². The van der Waals surface area contributed by atoms with Crippen LogP contribution in [0.1, 0.15) is 30.9 Å². The van der Waals surface area contributed by atoms with Crippen molar-refractivity contribution in [3.63, 3.8) is 0 Å². The molecule has 100 valence electrons. The smallest absolute Gasteiger partial charge is 0.144 e. The van der Waals surface area contributed by atoms with Gasteiger partial charge in [-0.1, -0.05) is 25.5 Å². The number of pyridine rings is 1. The van der Waals surface area contributed by atoms with Crippen molar-refractivity contribution in [3.8, 4) is 0 Å². The summed E-state index contributed by atoms with van der Waals surface area (Å²) in [6.45, 7) is 4.25. The van der Waals surface area contributed by atoms with E-state index in [-0.39, 0.29) is 0 Å². The second kappa shape index (κ2) is 6.71. The minimum absolute atomic E-state index is 0.854. The van der Waals surface area contributed by atoms with E-state index in [9.17, 15) is 0 Å². The third-order valence-corrected chi connectivity index (χ3v) is 3.62. The average Bonchev–Trinajstić information content (AvgIpc) is 2.41. The lowest BCUT2D eigenvalue weighted by Crippen LogP contribution is -1.95. The molecular formula is C16H19BrN2. The fourth-order valence-corrected chi connectivity index (χ4v) is 2.46. The van der Waals surface area contributed by atoms with Crippen LogP contribution in [0.25, 0.3) is 0 Å². The Morgan fingerprint density at radius 2 is 1.95 bits per heavy atom. The molecule has 0 fully saturated rings. The topological polar surface area (TPSA) is 24.9 Å². The predicted molar refractivity (Wildman–Crippen MR) is 85.0 cm³/mol. The number of nitrogens with zero attached hydrogens (tertiary/aromatic N) is 1. The molecular weight excluding hydrogens is 300 g/mol. The first-order valence-corrected chi connectivity index (χ1v) is 7.46. The highest BCUT2D eigenvalue weighted by Crippen LogP contribution is 2.24. The van der Waals surface area contributed by atoms with Crippen LogP contribution in [0.4, 0.5) is 11.5 Å². The molecule has 3 heteroatoms. The number of unbranched alkanes of at least 4 members (excludes halogenated alkanes) is 1. The number of aryl methyl sites for hydroxylation is 2. The van der Waals surface area contributed by atoms with E-state index >= 15 is 0 Å². The molecule has 0 aliphatic heterocycles. The SMILES string of the molecule is CCCCc1ccc(Nc2ncc(C)cc2Br)cc1. The molecule has 2 nitrogen and oxygen atoms in total. The third kappa shape index (κ3) is 4.06. The molecule has 2 rings (SSSR count). The van der Waals surface area contributed by atoms with Crippen LogP contribution >= 0.6 is 15.9 Å². The first kappa shape index (κ1) is 14.1. The molecule has 0 bridgehead atoms. The molecule has 0 saturated carbocycles. The zero-order valence-corrected chi connectivity index (χ0v) is 13.0. The lowest BCUT2D eigenvalue weighted by Gasteiger charge is -2.09. The lowest BCUT2D eigenvalue weighted by atomic mass is 10.1. The molecule has 0 aliphatic carbocycles. The van der Waals surface area contributed by atoms with Gasteiger partial charge in [0.05, 0.1) is 4.47 Å². The maximum absolute atomic E-state index is 4.39. The molecule has 1 N–H and O–H groups in total. The van der Waals surface area contributed by atoms with Gasteiger partial charge in [-0.2, -0.15) is 0 Å². The number of benzene rings is 1. The number of halogens is 1. The van der Waals surface area contributed by atoms with Crippen LogP contribution in [0, 0.1) is 6.92 Å². The van der Waals surface area contributed by atoms with E-state index in [2.05, 4.69) is 63.5 Å². The quantitative estimate of drug-likeness (QED) is 0.815. The lowest BCUT2D eigenvalue weighted by molar-refractivity contribution is 0.795. The molecule has 0 aliphatic rings. The van der Waals surface area contributed by atoms with E-state index < -0.39 is 0 Å². The van der Waals surface area contributed by atoms with Gasteiger partial charge in [-0.3, -0.25) is 0 Å². The summed E-state index contributed by atoms with van der Waals surface area (Å²) in [6.07, 6.45) is 5.50. The monoisotopic (exact) mass is 318 g/mol. The van der Waals surface area contributed by atoms with E-state index in [1.54, 1.807) is 0 Å². The molecule has 0 atom stereocenters. The van der Waals surface area contributed by atoms with Crippen molar-refractivity contribution < 1.29 is 0 Å². The fraction of sp³-hybridized carbons (Fsp3) is 0.312. The van der Waals surface area contributed by atoms with Crippen molar-refractivity contribution in [2.24, 2.45) is 0 Å². The minimum Gasteiger partial charge on any atom is -0.339 e. The number of hydrogen-bond acceptors (Lipinski definition) is 2. The van der Waals surface area contributed by atoms with Gasteiger partial charge in [0.1, 0.15) is 5.82 Å². The first-order valence-electron chi connectivity index (χ1n) is 6.67. The summed E-state index contributed by atoms with van der Waals surface area (Å²) in [5.41, 5.74) is 3.60. The number of rotatable bonds is 5. The van der Waals surface area contributed by atoms with Gasteiger partial charge in [-0.25, -0.2) is 4.98 Å². The number of nitrogens with one attached hydrogen (secondary N) is 1. The first-order chi connectivity index (χ1) is 9.19. The normalized spacial score (nSPS) is 10.5. The summed E-state index contributed by atoms with van der Waals surface area (Å²) in [4.78, 5) is 4.39. The number of aromatic nitrogens is 1. The van der Waals surface area contributed by atoms with Crippen LogP contribution in [0.5, 0.6) is 0 Å². The Hall–Kier alpha value is -1.35. The van der Waals surface area contributed by atoms with Gasteiger partial charge in [-0.15, -0.1) is 0 Å². The number of hydrogen-bond donors (Lipinski definition) is 1. The Morgan fingerprint density at radius 3 is 2.58 bits per heavy atom. The van der Waals surface area contributed by atoms with E-state index in [0.717, 1.165) is 28.0 Å². The average molecular weight is 319 g/mol. The van der Waals surface area contributed by atoms with Crippen LogP contribution in [-0.2, 0) is 6.42 Å². The largest absolute Gasteiger partial charge is 0.339 e. The van der Waals surface area contributed by atoms with E-state index in [1.165, 1.54) is 18.4 Å². The van der Waals surface area contributed by atoms with Gasteiger partial charge in [0.2, 0.25) is 0 Å². The van der Waals surface area contributed by atoms with Crippen molar-refractivity contribution in [2.45, 2.75) is 33.1 Å². The predicted octanol–water partition coefficient (Wildman–Crippen LogP) is 5.24. The van der Waals surface area contributed by atoms with Gasteiger partial charge in [0.15, 0.2) is 0 Å². The molecule has 2 aromatic rings. The van der Waals surface area contributed by atoms with Crippen molar-refractivity contribution in [1.82, 2.24) is 4.98 Å². The number of anilines is 2. The minimum atomic E-state index is 0.854. The Balaban J connectivity index is 2.06. The van der Waals surface area contributed by atoms with Gasteiger partial charge < -0.3 is 5.32 Å². The molecule has 0 amide bonds. The summed E-state index contributed by atoms with van der Waals surface area (Å²) in [7, 11) is 0. The summed E-state index contributed by atoms with van der Waals surface area (Å²) in [5, 5.41) is 3.32. The summed E-state index contributed by atoms with van der Waals surface area (Å²) < 4.78 is 0.988. The Morgan fingerprint density at radius 1 is 1.21 bits per heavy atom. The van der Waals surface area contributed by atoms with Crippen molar-refractivity contribution in [1.29, 1.82) is 0 Å². The molecule has 0 unspecified atom stereocenters. The van der Waals surface area contributed by atoms with Crippen LogP contribution in [0.15, 0.2) is 41.0 Å². The molecule has 0 spiro atoms. The molecule has 0 radical (unpaired) electrons. The highest BCUT2D eigenvalue weighted by atomic mass is 79.9. The highest BCUT2D eigenvalue weighted by molar-refractivity contribution is 9.10. The van der Waals surface area contributed by atoms with Gasteiger partial charge in [0, 0.05) is 11.9 Å². The molecule has 19 heavy (non-hydrogen) atoms. The van der Waals surface area contributed by atoms with Gasteiger partial charge in [0.25, 0.3) is 0 Å². The van der Waals surface area contributed by atoms with Gasteiger partial charge >= 0.3 is 0 Å². The van der Waals surface area contributed by atoms with Crippen molar-refractivity contribution >= 4 is 27.4 Å². The molecule has 1 heterocycles. The summed E-state index contributed by atoms with van der Waals surface area (Å²) in [6, 6.07) is 10.6. The Bertz CT molecular complexity index is 535. The highest BCUT2D eigenvalue weighted by Gasteiger charge is 2.02. The molecule has 1 aromatic carbocycles. The van der Waals surface area contributed by atoms with E-state index in [4.69, 9.17) is 0 Å². The van der Waals surface area contributed by atoms with Crippen LogP contribution in [0.2, 0.25) is 0 Å². The summed E-state index contributed by atoms with van der Waals surface area (Å²) >= 11 is 3.53. The third-order valence-electron chi connectivity index (χ3n) is 3.01. The molecule has 0 saturated heterocycles. The Kier molecular flexibility index (Phi) is 4.97. The van der Waals surface area contributed by atoms with Crippen molar-refractivity contribution in [3.05, 3.63) is 52.1 Å². The van der Waals surface area contributed by atoms with Crippen LogP contribution < -0.4 is 5.32 Å². The van der Waals surface area contributed by atoms with Crippen LogP contribution in [0.3, 0.4) is 0 Å². The second-order valence-electron chi connectivity index (χ2n) is 4.77. The Labute approximate surface area is 123 Å². The maximum Gasteiger partial charge on any atom is 0.144 e. The van der Waals surface area contributed by atoms with Crippen molar-refractivity contribution in [2.75, 3.05) is 5.32 Å². The van der Waals surface area contributed by atoms with Gasteiger partial charge in [-0.05, 0) is 65.0 Å². The van der Waals surface area contributed by atoms with E-state index in [0.29, 0.717) is 0 Å². The zero-order valence-electron chi connectivity index (χ0n) is 11.4.